The Bertz CT molecular complexity index is 674. The van der Waals surface area contributed by atoms with Gasteiger partial charge in [-0.3, -0.25) is 0 Å². The first-order valence-corrected chi connectivity index (χ1v) is 7.48. The molecular formula is C17H20N4. The van der Waals surface area contributed by atoms with Crippen LogP contribution in [-0.4, -0.2) is 36.6 Å². The highest BCUT2D eigenvalue weighted by Crippen LogP contribution is 2.19. The molecule has 108 valence electrons. The van der Waals surface area contributed by atoms with Gasteiger partial charge in [-0.1, -0.05) is 0 Å². The van der Waals surface area contributed by atoms with E-state index >= 15 is 0 Å². The van der Waals surface area contributed by atoms with E-state index in [1.807, 2.05) is 30.3 Å². The molecule has 0 saturated carbocycles. The Kier molecular flexibility index (Phi) is 4.03. The summed E-state index contributed by atoms with van der Waals surface area (Å²) >= 11 is 0. The van der Waals surface area contributed by atoms with Crippen molar-refractivity contribution in [2.75, 3.05) is 32.0 Å². The third-order valence-electron chi connectivity index (χ3n) is 4.11. The summed E-state index contributed by atoms with van der Waals surface area (Å²) in [5, 5.41) is 13.4. The number of anilines is 1. The average molecular weight is 280 g/mol. The van der Waals surface area contributed by atoms with Gasteiger partial charge in [0.1, 0.15) is 5.82 Å². The van der Waals surface area contributed by atoms with E-state index in [4.69, 9.17) is 5.26 Å². The average Bonchev–Trinajstić information content (AvgIpc) is 2.52. The highest BCUT2D eigenvalue weighted by molar-refractivity contribution is 5.81. The smallest absolute Gasteiger partial charge is 0.126 e. The summed E-state index contributed by atoms with van der Waals surface area (Å²) in [6.45, 7) is 3.34. The Hall–Kier alpha value is -2.12. The molecule has 21 heavy (non-hydrogen) atoms. The zero-order chi connectivity index (χ0) is 14.7. The summed E-state index contributed by atoms with van der Waals surface area (Å²) in [4.78, 5) is 7.02. The predicted octanol–water partition coefficient (Wildman–Crippen LogP) is 2.86. The second-order valence-corrected chi connectivity index (χ2v) is 5.87. The van der Waals surface area contributed by atoms with Crippen molar-refractivity contribution in [1.82, 2.24) is 9.88 Å². The largest absolute Gasteiger partial charge is 0.370 e. The summed E-state index contributed by atoms with van der Waals surface area (Å²) in [6.07, 6.45) is 2.57. The number of fused-ring (bicyclic) bond motifs is 1. The molecule has 1 atom stereocenters. The molecule has 1 aliphatic heterocycles. The van der Waals surface area contributed by atoms with Crippen LogP contribution in [0.5, 0.6) is 0 Å². The maximum absolute atomic E-state index is 8.91. The molecule has 0 aliphatic carbocycles. The molecule has 4 heteroatoms. The highest BCUT2D eigenvalue weighted by atomic mass is 15.1. The second kappa shape index (κ2) is 6.11. The first-order valence-electron chi connectivity index (χ1n) is 7.48. The van der Waals surface area contributed by atoms with Gasteiger partial charge in [-0.05, 0) is 62.7 Å². The van der Waals surface area contributed by atoms with Crippen molar-refractivity contribution >= 4 is 16.7 Å². The maximum Gasteiger partial charge on any atom is 0.126 e. The van der Waals surface area contributed by atoms with Crippen molar-refractivity contribution in [3.05, 3.63) is 35.9 Å². The van der Waals surface area contributed by atoms with Gasteiger partial charge in [-0.15, -0.1) is 0 Å². The minimum Gasteiger partial charge on any atom is -0.370 e. The Morgan fingerprint density at radius 1 is 1.38 bits per heavy atom. The number of pyridine rings is 1. The van der Waals surface area contributed by atoms with E-state index in [1.165, 1.54) is 19.4 Å². The predicted molar refractivity (Wildman–Crippen MR) is 85.2 cm³/mol. The Morgan fingerprint density at radius 3 is 3.10 bits per heavy atom. The fourth-order valence-electron chi connectivity index (χ4n) is 2.98. The zero-order valence-electron chi connectivity index (χ0n) is 12.3. The van der Waals surface area contributed by atoms with Gasteiger partial charge < -0.3 is 10.2 Å². The fourth-order valence-corrected chi connectivity index (χ4v) is 2.98. The van der Waals surface area contributed by atoms with Crippen LogP contribution in [0.15, 0.2) is 30.3 Å². The molecule has 0 bridgehead atoms. The van der Waals surface area contributed by atoms with Gasteiger partial charge in [0.2, 0.25) is 0 Å². The Balaban J connectivity index is 1.68. The second-order valence-electron chi connectivity index (χ2n) is 5.87. The first-order chi connectivity index (χ1) is 10.2. The number of nitriles is 1. The first kappa shape index (κ1) is 13.8. The van der Waals surface area contributed by atoms with E-state index in [9.17, 15) is 0 Å². The normalized spacial score (nSPS) is 19.3. The van der Waals surface area contributed by atoms with Crippen LogP contribution < -0.4 is 5.32 Å². The lowest BCUT2D eigenvalue weighted by Crippen LogP contribution is -2.35. The molecule has 0 amide bonds. The number of hydrogen-bond acceptors (Lipinski definition) is 4. The molecule has 2 aromatic rings. The van der Waals surface area contributed by atoms with Crippen molar-refractivity contribution in [3.8, 4) is 6.07 Å². The van der Waals surface area contributed by atoms with Gasteiger partial charge >= 0.3 is 0 Å². The number of likely N-dealkylation sites (tertiary alicyclic amines) is 1. The summed E-state index contributed by atoms with van der Waals surface area (Å²) in [7, 11) is 2.19. The monoisotopic (exact) mass is 280 g/mol. The minimum absolute atomic E-state index is 0.676. The molecule has 1 unspecified atom stereocenters. The number of rotatable bonds is 3. The minimum atomic E-state index is 0.676. The molecule has 3 rings (SSSR count). The van der Waals surface area contributed by atoms with E-state index < -0.39 is 0 Å². The number of nitrogens with zero attached hydrogens (tertiary/aromatic N) is 3. The van der Waals surface area contributed by atoms with Crippen LogP contribution in [0.2, 0.25) is 0 Å². The van der Waals surface area contributed by atoms with Crippen LogP contribution in [0.4, 0.5) is 5.82 Å². The lowest BCUT2D eigenvalue weighted by molar-refractivity contribution is 0.217. The van der Waals surface area contributed by atoms with Gasteiger partial charge in [0, 0.05) is 18.5 Å². The third-order valence-corrected chi connectivity index (χ3v) is 4.11. The van der Waals surface area contributed by atoms with E-state index in [1.54, 1.807) is 0 Å². The number of benzene rings is 1. The van der Waals surface area contributed by atoms with Crippen LogP contribution in [0, 0.1) is 17.2 Å². The molecular weight excluding hydrogens is 260 g/mol. The standard InChI is InChI=1S/C17H20N4/c1-21-8-2-3-14(12-21)11-19-17-7-5-15-9-13(10-18)4-6-16(15)20-17/h4-7,9,14H,2-3,8,11-12H2,1H3,(H,19,20). The SMILES string of the molecule is CN1CCCC(CNc2ccc3cc(C#N)ccc3n2)C1. The zero-order valence-corrected chi connectivity index (χ0v) is 12.3. The maximum atomic E-state index is 8.91. The molecule has 1 N–H and O–H groups in total. The topological polar surface area (TPSA) is 52.0 Å². The highest BCUT2D eigenvalue weighted by Gasteiger charge is 2.16. The van der Waals surface area contributed by atoms with Crippen LogP contribution in [-0.2, 0) is 0 Å². The number of hydrogen-bond donors (Lipinski definition) is 1. The van der Waals surface area contributed by atoms with Crippen LogP contribution in [0.25, 0.3) is 10.9 Å². The van der Waals surface area contributed by atoms with E-state index in [2.05, 4.69) is 28.3 Å². The molecule has 0 spiro atoms. The van der Waals surface area contributed by atoms with Crippen LogP contribution in [0.3, 0.4) is 0 Å². The summed E-state index contributed by atoms with van der Waals surface area (Å²) < 4.78 is 0. The number of piperidine rings is 1. The van der Waals surface area contributed by atoms with Crippen molar-refractivity contribution in [1.29, 1.82) is 5.26 Å². The molecule has 1 aromatic heterocycles. The van der Waals surface area contributed by atoms with Gasteiger partial charge in [-0.2, -0.15) is 5.26 Å². The summed E-state index contributed by atoms with van der Waals surface area (Å²) in [5.41, 5.74) is 1.61. The third kappa shape index (κ3) is 3.32. The molecule has 2 heterocycles. The van der Waals surface area contributed by atoms with E-state index in [-0.39, 0.29) is 0 Å². The van der Waals surface area contributed by atoms with Crippen molar-refractivity contribution in [2.24, 2.45) is 5.92 Å². The fraction of sp³-hybridized carbons (Fsp3) is 0.412. The van der Waals surface area contributed by atoms with Gasteiger partial charge in [0.25, 0.3) is 0 Å². The summed E-state index contributed by atoms with van der Waals surface area (Å²) in [5.74, 6) is 1.61. The van der Waals surface area contributed by atoms with Crippen LogP contribution >= 0.6 is 0 Å². The number of nitrogens with one attached hydrogen (secondary N) is 1. The van der Waals surface area contributed by atoms with E-state index in [0.29, 0.717) is 11.5 Å². The van der Waals surface area contributed by atoms with E-state index in [0.717, 1.165) is 29.8 Å². The molecule has 1 aliphatic rings. The Labute approximate surface area is 125 Å². The number of aromatic nitrogens is 1. The van der Waals surface area contributed by atoms with Crippen LogP contribution in [0.1, 0.15) is 18.4 Å². The van der Waals surface area contributed by atoms with Crippen molar-refractivity contribution in [2.45, 2.75) is 12.8 Å². The van der Waals surface area contributed by atoms with Gasteiger partial charge in [-0.25, -0.2) is 4.98 Å². The molecule has 1 fully saturated rings. The Morgan fingerprint density at radius 2 is 2.29 bits per heavy atom. The lowest BCUT2D eigenvalue weighted by Gasteiger charge is -2.29. The van der Waals surface area contributed by atoms with Crippen molar-refractivity contribution < 1.29 is 0 Å². The van der Waals surface area contributed by atoms with Crippen molar-refractivity contribution in [3.63, 3.8) is 0 Å². The van der Waals surface area contributed by atoms with Gasteiger partial charge in [0.05, 0.1) is 17.1 Å². The quantitative estimate of drug-likeness (QED) is 0.939. The molecule has 1 saturated heterocycles. The summed E-state index contributed by atoms with van der Waals surface area (Å²) in [6, 6.07) is 11.8. The molecule has 0 radical (unpaired) electrons. The molecule has 4 nitrogen and oxygen atoms in total. The lowest BCUT2D eigenvalue weighted by atomic mass is 9.98. The van der Waals surface area contributed by atoms with Gasteiger partial charge in [0.15, 0.2) is 0 Å². The molecule has 1 aromatic carbocycles.